The summed E-state index contributed by atoms with van der Waals surface area (Å²) < 4.78 is 0. The zero-order valence-corrected chi connectivity index (χ0v) is 19.6. The van der Waals surface area contributed by atoms with E-state index in [-0.39, 0.29) is 30.8 Å². The van der Waals surface area contributed by atoms with Gasteiger partial charge in [0.25, 0.3) is 0 Å². The fraction of sp³-hybridized carbons (Fsp3) is 0.522. The van der Waals surface area contributed by atoms with Gasteiger partial charge < -0.3 is 21.1 Å². The number of hydrogen-bond acceptors (Lipinski definition) is 6. The molecule has 3 rings (SSSR count). The van der Waals surface area contributed by atoms with E-state index in [2.05, 4.69) is 10.3 Å². The fourth-order valence-corrected chi connectivity index (χ4v) is 4.56. The molecule has 0 radical (unpaired) electrons. The number of aromatic nitrogens is 1. The Labute approximate surface area is 187 Å². The van der Waals surface area contributed by atoms with E-state index in [1.807, 2.05) is 64.4 Å². The molecule has 4 atom stereocenters. The zero-order chi connectivity index (χ0) is 22.9. The number of carbonyl (C=O) groups is 2. The van der Waals surface area contributed by atoms with E-state index in [0.717, 1.165) is 21.7 Å². The minimum absolute atomic E-state index is 0.123. The van der Waals surface area contributed by atoms with E-state index >= 15 is 0 Å². The maximum absolute atomic E-state index is 13.0. The summed E-state index contributed by atoms with van der Waals surface area (Å²) in [5.41, 5.74) is 10.6. The molecule has 1 aromatic carbocycles. The lowest BCUT2D eigenvalue weighted by atomic mass is 9.86. The molecule has 2 unspecified atom stereocenters. The second kappa shape index (κ2) is 9.06. The van der Waals surface area contributed by atoms with Crippen molar-refractivity contribution in [3.8, 4) is 10.4 Å². The number of hydrogen-bond donors (Lipinski definition) is 3. The molecule has 0 saturated carbocycles. The van der Waals surface area contributed by atoms with Crippen molar-refractivity contribution in [1.29, 1.82) is 0 Å². The maximum Gasteiger partial charge on any atom is 0.243 e. The number of benzene rings is 1. The molecule has 2 heterocycles. The normalized spacial score (nSPS) is 21.1. The van der Waals surface area contributed by atoms with Gasteiger partial charge in [-0.05, 0) is 30.4 Å². The van der Waals surface area contributed by atoms with Crippen LogP contribution in [0.5, 0.6) is 0 Å². The number of likely N-dealkylation sites (tertiary alicyclic amines) is 1. The Kier molecular flexibility index (Phi) is 6.83. The number of aliphatic hydroxyl groups is 1. The summed E-state index contributed by atoms with van der Waals surface area (Å²) in [6.07, 6.45) is -0.519. The second-order valence-corrected chi connectivity index (χ2v) is 10.2. The topological polar surface area (TPSA) is 109 Å². The average molecular weight is 445 g/mol. The van der Waals surface area contributed by atoms with Crippen LogP contribution in [0.2, 0.25) is 0 Å². The molecule has 8 heteroatoms. The number of nitrogens with zero attached hydrogens (tertiary/aromatic N) is 2. The number of rotatable bonds is 5. The Hall–Kier alpha value is -2.29. The lowest BCUT2D eigenvalue weighted by molar-refractivity contribution is -0.141. The van der Waals surface area contributed by atoms with Crippen molar-refractivity contribution in [2.24, 2.45) is 11.1 Å². The standard InChI is InChI=1S/C23H32N4O3S/c1-13(15-6-8-16(9-7-15)19-14(2)25-12-31-19)26-21(29)18-10-17(28)11-27(18)22(30)20(24)23(3,4)5/h6-9,12-13,17-18,20,28H,10-11,24H2,1-5H3,(H,26,29)/t13-,17?,18?,20+/m0/s1. The van der Waals surface area contributed by atoms with Crippen LogP contribution in [-0.4, -0.2) is 51.5 Å². The average Bonchev–Trinajstić information content (AvgIpc) is 3.31. The van der Waals surface area contributed by atoms with E-state index < -0.39 is 23.6 Å². The van der Waals surface area contributed by atoms with E-state index in [9.17, 15) is 14.7 Å². The molecule has 0 spiro atoms. The predicted octanol–water partition coefficient (Wildman–Crippen LogP) is 2.63. The molecule has 1 aromatic heterocycles. The highest BCUT2D eigenvalue weighted by atomic mass is 32.1. The Morgan fingerprint density at radius 2 is 1.94 bits per heavy atom. The van der Waals surface area contributed by atoms with Gasteiger partial charge in [-0.15, -0.1) is 11.3 Å². The number of carbonyl (C=O) groups excluding carboxylic acids is 2. The quantitative estimate of drug-likeness (QED) is 0.657. The van der Waals surface area contributed by atoms with Gasteiger partial charge >= 0.3 is 0 Å². The molecule has 7 nitrogen and oxygen atoms in total. The summed E-state index contributed by atoms with van der Waals surface area (Å²) in [6.45, 7) is 9.67. The third-order valence-corrected chi connectivity index (χ3v) is 6.82. The first kappa shape index (κ1) is 23.4. The number of thiazole rings is 1. The smallest absolute Gasteiger partial charge is 0.243 e. The number of aliphatic hydroxyl groups excluding tert-OH is 1. The SMILES string of the molecule is Cc1ncsc1-c1ccc([C@H](C)NC(=O)C2CC(O)CN2C(=O)[C@@H](N)C(C)(C)C)cc1. The highest BCUT2D eigenvalue weighted by Crippen LogP contribution is 2.29. The summed E-state index contributed by atoms with van der Waals surface area (Å²) in [5.74, 6) is -0.581. The third kappa shape index (κ3) is 5.14. The van der Waals surface area contributed by atoms with Gasteiger partial charge in [0.15, 0.2) is 0 Å². The van der Waals surface area contributed by atoms with Crippen LogP contribution in [0.25, 0.3) is 10.4 Å². The van der Waals surface area contributed by atoms with E-state index in [1.54, 1.807) is 11.3 Å². The van der Waals surface area contributed by atoms with Crippen molar-refractivity contribution in [2.45, 2.75) is 65.3 Å². The van der Waals surface area contributed by atoms with Crippen molar-refractivity contribution < 1.29 is 14.7 Å². The van der Waals surface area contributed by atoms with Gasteiger partial charge in [-0.3, -0.25) is 9.59 Å². The molecule has 168 valence electrons. The molecule has 4 N–H and O–H groups in total. The number of nitrogens with one attached hydrogen (secondary N) is 1. The van der Waals surface area contributed by atoms with Crippen LogP contribution in [0.3, 0.4) is 0 Å². The van der Waals surface area contributed by atoms with Gasteiger partial charge in [0.1, 0.15) is 6.04 Å². The minimum atomic E-state index is -0.742. The highest BCUT2D eigenvalue weighted by molar-refractivity contribution is 7.13. The first-order valence-corrected chi connectivity index (χ1v) is 11.4. The maximum atomic E-state index is 13.0. The van der Waals surface area contributed by atoms with Gasteiger partial charge in [0, 0.05) is 13.0 Å². The Morgan fingerprint density at radius 1 is 1.29 bits per heavy atom. The largest absolute Gasteiger partial charge is 0.391 e. The highest BCUT2D eigenvalue weighted by Gasteiger charge is 2.42. The lowest BCUT2D eigenvalue weighted by Gasteiger charge is -2.32. The first-order valence-electron chi connectivity index (χ1n) is 10.5. The number of nitrogens with two attached hydrogens (primary N) is 1. The zero-order valence-electron chi connectivity index (χ0n) is 18.8. The Balaban J connectivity index is 1.69. The lowest BCUT2D eigenvalue weighted by Crippen LogP contribution is -2.55. The summed E-state index contributed by atoms with van der Waals surface area (Å²) in [7, 11) is 0. The molecule has 2 aromatic rings. The molecule has 31 heavy (non-hydrogen) atoms. The molecule has 0 aliphatic carbocycles. The summed E-state index contributed by atoms with van der Waals surface area (Å²) in [5, 5.41) is 13.1. The van der Waals surface area contributed by atoms with Gasteiger partial charge in [0.2, 0.25) is 11.8 Å². The molecular weight excluding hydrogens is 412 g/mol. The van der Waals surface area contributed by atoms with E-state index in [1.165, 1.54) is 4.90 Å². The van der Waals surface area contributed by atoms with Crippen LogP contribution in [-0.2, 0) is 9.59 Å². The van der Waals surface area contributed by atoms with Crippen LogP contribution in [0, 0.1) is 12.3 Å². The van der Waals surface area contributed by atoms with Gasteiger partial charge in [-0.2, -0.15) is 0 Å². The van der Waals surface area contributed by atoms with Crippen molar-refractivity contribution in [3.05, 3.63) is 41.0 Å². The summed E-state index contributed by atoms with van der Waals surface area (Å²) in [4.78, 5) is 32.7. The van der Waals surface area contributed by atoms with Gasteiger partial charge in [-0.25, -0.2) is 4.98 Å². The molecule has 2 amide bonds. The molecule has 0 bridgehead atoms. The predicted molar refractivity (Wildman–Crippen MR) is 122 cm³/mol. The molecule has 1 fully saturated rings. The summed E-state index contributed by atoms with van der Waals surface area (Å²) in [6, 6.07) is 6.32. The third-order valence-electron chi connectivity index (χ3n) is 5.84. The molecule has 1 saturated heterocycles. The monoisotopic (exact) mass is 444 g/mol. The van der Waals surface area contributed by atoms with Crippen molar-refractivity contribution >= 4 is 23.2 Å². The van der Waals surface area contributed by atoms with Crippen molar-refractivity contribution in [1.82, 2.24) is 15.2 Å². The number of β-amino-alcohol motifs (C(OH)–C–C–N with tert-alkyl or cyclic N) is 1. The van der Waals surface area contributed by atoms with Crippen LogP contribution in [0.4, 0.5) is 0 Å². The summed E-state index contributed by atoms with van der Waals surface area (Å²) >= 11 is 1.60. The van der Waals surface area contributed by atoms with Crippen LogP contribution in [0.15, 0.2) is 29.8 Å². The van der Waals surface area contributed by atoms with Crippen LogP contribution >= 0.6 is 11.3 Å². The molecular formula is C23H32N4O3S. The first-order chi connectivity index (χ1) is 14.5. The van der Waals surface area contributed by atoms with E-state index in [0.29, 0.717) is 0 Å². The van der Waals surface area contributed by atoms with E-state index in [4.69, 9.17) is 5.73 Å². The Bertz CT molecular complexity index is 935. The molecule has 1 aliphatic rings. The minimum Gasteiger partial charge on any atom is -0.391 e. The number of amides is 2. The Morgan fingerprint density at radius 3 is 2.48 bits per heavy atom. The van der Waals surface area contributed by atoms with Crippen molar-refractivity contribution in [3.63, 3.8) is 0 Å². The van der Waals surface area contributed by atoms with Crippen LogP contribution < -0.4 is 11.1 Å². The number of aryl methyl sites for hydroxylation is 1. The van der Waals surface area contributed by atoms with Crippen LogP contribution in [0.1, 0.15) is 51.4 Å². The second-order valence-electron chi connectivity index (χ2n) is 9.36. The van der Waals surface area contributed by atoms with Crippen molar-refractivity contribution in [2.75, 3.05) is 6.54 Å². The van der Waals surface area contributed by atoms with Gasteiger partial charge in [0.05, 0.1) is 34.3 Å². The fourth-order valence-electron chi connectivity index (χ4n) is 3.75. The van der Waals surface area contributed by atoms with Gasteiger partial charge in [-0.1, -0.05) is 45.0 Å². The molecule has 1 aliphatic heterocycles.